The fraction of sp³-hybridized carbons (Fsp3) is 0.500. The maximum absolute atomic E-state index is 13.4. The number of ether oxygens (including phenoxy) is 3. The predicted molar refractivity (Wildman–Crippen MR) is 136 cm³/mol. The maximum Gasteiger partial charge on any atom is 0.328 e. The summed E-state index contributed by atoms with van der Waals surface area (Å²) < 4.78 is 16.6. The molecule has 0 radical (unpaired) electrons. The molecule has 0 aliphatic carbocycles. The molecule has 0 aromatic heterocycles. The van der Waals surface area contributed by atoms with Crippen LogP contribution >= 0.6 is 11.8 Å². The largest absolute Gasteiger partial charge is 0.467 e. The van der Waals surface area contributed by atoms with Gasteiger partial charge in [-0.15, -0.1) is 6.58 Å². The first-order valence-corrected chi connectivity index (χ1v) is 12.7. The molecule has 0 saturated carbocycles. The van der Waals surface area contributed by atoms with Crippen molar-refractivity contribution in [1.82, 2.24) is 10.6 Å². The number of thioether (sulfide) groups is 1. The third-order valence-electron chi connectivity index (χ3n) is 5.24. The number of rotatable bonds is 15. The van der Waals surface area contributed by atoms with E-state index in [9.17, 15) is 9.59 Å². The second kappa shape index (κ2) is 16.0. The number of amides is 1. The Kier molecular flexibility index (Phi) is 13.0. The first-order valence-electron chi connectivity index (χ1n) is 11.3. The monoisotopic (exact) mass is 503 g/mol. The molecule has 2 N–H and O–H groups in total. The van der Waals surface area contributed by atoms with Crippen molar-refractivity contribution < 1.29 is 23.8 Å². The Hall–Kier alpha value is -2.82. The molecule has 2 rings (SSSR count). The Morgan fingerprint density at radius 2 is 2.09 bits per heavy atom. The molecule has 35 heavy (non-hydrogen) atoms. The lowest BCUT2D eigenvalue weighted by molar-refractivity contribution is -0.168. The number of carbonyl (C=O) groups is 2. The van der Waals surface area contributed by atoms with E-state index in [1.807, 2.05) is 42.7 Å². The van der Waals surface area contributed by atoms with Crippen LogP contribution in [0.4, 0.5) is 0 Å². The van der Waals surface area contributed by atoms with Crippen LogP contribution in [0.2, 0.25) is 0 Å². The number of esters is 1. The number of hydrogen-bond donors (Lipinski definition) is 2. The lowest BCUT2D eigenvalue weighted by atomic mass is 10.0. The fourth-order valence-corrected chi connectivity index (χ4v) is 3.98. The Bertz CT molecular complexity index is 894. The third kappa shape index (κ3) is 9.75. The third-order valence-corrected chi connectivity index (χ3v) is 5.89. The number of carbonyl (C=O) groups excluding carboxylic acids is 2. The lowest BCUT2D eigenvalue weighted by Crippen LogP contribution is -2.57. The molecule has 1 aliphatic rings. The van der Waals surface area contributed by atoms with Crippen LogP contribution in [-0.4, -0.2) is 74.7 Å². The van der Waals surface area contributed by atoms with Gasteiger partial charge in [0.1, 0.15) is 6.04 Å². The van der Waals surface area contributed by atoms with Gasteiger partial charge >= 0.3 is 5.97 Å². The van der Waals surface area contributed by atoms with Gasteiger partial charge in [-0.05, 0) is 35.9 Å². The van der Waals surface area contributed by atoms with Gasteiger partial charge in [0.2, 0.25) is 5.91 Å². The zero-order chi connectivity index (χ0) is 25.5. The van der Waals surface area contributed by atoms with Crippen molar-refractivity contribution >= 4 is 23.6 Å². The molecule has 1 aliphatic heterocycles. The standard InChI is InChI=1S/C24H33N5O5S/c1-4-13-33-24-20(11-10-18(34-24)16-26-29-25)27-21(15-17-8-6-5-7-9-17)22(30)28-19(12-14-35-3)23(31)32-2/h4-11,18-21,24,27H,1,12-16H2,2-3H3,(H,28,30)/t18-,19-,20-,21-,24+/m0/s1. The minimum absolute atomic E-state index is 0.123. The molecule has 0 fully saturated rings. The fourth-order valence-electron chi connectivity index (χ4n) is 3.51. The van der Waals surface area contributed by atoms with Crippen LogP contribution in [0.25, 0.3) is 10.4 Å². The van der Waals surface area contributed by atoms with Gasteiger partial charge in [0, 0.05) is 4.91 Å². The normalized spacial score (nSPS) is 20.8. The molecule has 1 heterocycles. The van der Waals surface area contributed by atoms with Gasteiger partial charge in [-0.25, -0.2) is 4.79 Å². The van der Waals surface area contributed by atoms with Gasteiger partial charge in [-0.3, -0.25) is 10.1 Å². The summed E-state index contributed by atoms with van der Waals surface area (Å²) in [6, 6.07) is 7.66. The number of nitrogens with one attached hydrogen (secondary N) is 2. The topological polar surface area (TPSA) is 135 Å². The summed E-state index contributed by atoms with van der Waals surface area (Å²) in [5.41, 5.74) is 9.55. The zero-order valence-corrected chi connectivity index (χ0v) is 20.9. The quantitative estimate of drug-likeness (QED) is 0.124. The first-order chi connectivity index (χ1) is 17.0. The molecular formula is C24H33N5O5S. The number of azide groups is 1. The molecule has 1 aromatic rings. The van der Waals surface area contributed by atoms with Crippen LogP contribution in [0, 0.1) is 0 Å². The summed E-state index contributed by atoms with van der Waals surface area (Å²) in [7, 11) is 1.30. The molecule has 0 saturated heterocycles. The maximum atomic E-state index is 13.4. The van der Waals surface area contributed by atoms with E-state index in [2.05, 4.69) is 27.2 Å². The van der Waals surface area contributed by atoms with E-state index < -0.39 is 36.5 Å². The van der Waals surface area contributed by atoms with Crippen molar-refractivity contribution in [2.75, 3.05) is 32.3 Å². The molecule has 0 spiro atoms. The van der Waals surface area contributed by atoms with Crippen molar-refractivity contribution in [2.45, 2.75) is 43.4 Å². The molecule has 1 amide bonds. The van der Waals surface area contributed by atoms with Crippen molar-refractivity contribution in [1.29, 1.82) is 0 Å². The molecule has 10 nitrogen and oxygen atoms in total. The van der Waals surface area contributed by atoms with E-state index in [1.165, 1.54) is 7.11 Å². The summed E-state index contributed by atoms with van der Waals surface area (Å²) in [5.74, 6) is -0.127. The second-order valence-electron chi connectivity index (χ2n) is 7.76. The van der Waals surface area contributed by atoms with Crippen LogP contribution in [0.3, 0.4) is 0 Å². The Balaban J connectivity index is 2.24. The second-order valence-corrected chi connectivity index (χ2v) is 8.75. The zero-order valence-electron chi connectivity index (χ0n) is 20.0. The molecular weight excluding hydrogens is 470 g/mol. The van der Waals surface area contributed by atoms with Crippen molar-refractivity contribution in [2.24, 2.45) is 5.11 Å². The highest BCUT2D eigenvalue weighted by atomic mass is 32.2. The minimum atomic E-state index is -0.751. The van der Waals surface area contributed by atoms with Gasteiger partial charge in [-0.1, -0.05) is 53.7 Å². The van der Waals surface area contributed by atoms with Gasteiger partial charge in [0.05, 0.1) is 38.4 Å². The van der Waals surface area contributed by atoms with Gasteiger partial charge < -0.3 is 19.5 Å². The van der Waals surface area contributed by atoms with Gasteiger partial charge in [0.25, 0.3) is 0 Å². The van der Waals surface area contributed by atoms with Crippen molar-refractivity contribution in [3.63, 3.8) is 0 Å². The van der Waals surface area contributed by atoms with Crippen LogP contribution < -0.4 is 10.6 Å². The Labute approximate surface area is 210 Å². The van der Waals surface area contributed by atoms with E-state index in [4.69, 9.17) is 19.7 Å². The van der Waals surface area contributed by atoms with Crippen LogP contribution in [-0.2, 0) is 30.2 Å². The van der Waals surface area contributed by atoms with Crippen LogP contribution in [0.5, 0.6) is 0 Å². The van der Waals surface area contributed by atoms with Gasteiger partial charge in [-0.2, -0.15) is 11.8 Å². The number of nitrogens with zero attached hydrogens (tertiary/aromatic N) is 3. The average molecular weight is 504 g/mol. The SMILES string of the molecule is C=CCO[C@@H]1O[C@H](CN=[N+]=[N-])C=C[C@@H]1N[C@@H](Cc1ccccc1)C(=O)N[C@@H](CCSC)C(=O)OC. The van der Waals surface area contributed by atoms with Gasteiger partial charge in [0.15, 0.2) is 6.29 Å². The molecule has 11 heteroatoms. The van der Waals surface area contributed by atoms with E-state index in [0.717, 1.165) is 5.56 Å². The smallest absolute Gasteiger partial charge is 0.328 e. The van der Waals surface area contributed by atoms with E-state index in [-0.39, 0.29) is 19.1 Å². The highest BCUT2D eigenvalue weighted by Gasteiger charge is 2.33. The average Bonchev–Trinajstić information content (AvgIpc) is 2.89. The molecule has 1 aromatic carbocycles. The van der Waals surface area contributed by atoms with Crippen LogP contribution in [0.1, 0.15) is 12.0 Å². The molecule has 5 atom stereocenters. The summed E-state index contributed by atoms with van der Waals surface area (Å²) in [6.07, 6.45) is 6.79. The molecule has 0 unspecified atom stereocenters. The van der Waals surface area contributed by atoms with Crippen molar-refractivity contribution in [3.05, 3.63) is 71.1 Å². The summed E-state index contributed by atoms with van der Waals surface area (Å²) in [6.45, 7) is 4.03. The summed E-state index contributed by atoms with van der Waals surface area (Å²) in [4.78, 5) is 28.4. The van der Waals surface area contributed by atoms with E-state index in [0.29, 0.717) is 18.6 Å². The predicted octanol–water partition coefficient (Wildman–Crippen LogP) is 2.76. The van der Waals surface area contributed by atoms with E-state index in [1.54, 1.807) is 23.9 Å². The number of methoxy groups -OCH3 is 1. The Morgan fingerprint density at radius 3 is 2.74 bits per heavy atom. The highest BCUT2D eigenvalue weighted by molar-refractivity contribution is 7.98. The number of hydrogen-bond acceptors (Lipinski definition) is 8. The number of benzene rings is 1. The summed E-state index contributed by atoms with van der Waals surface area (Å²) >= 11 is 1.58. The lowest BCUT2D eigenvalue weighted by Gasteiger charge is -2.34. The first kappa shape index (κ1) is 28.4. The molecule has 0 bridgehead atoms. The summed E-state index contributed by atoms with van der Waals surface area (Å²) in [5, 5.41) is 9.72. The molecule has 190 valence electrons. The van der Waals surface area contributed by atoms with Crippen molar-refractivity contribution in [3.8, 4) is 0 Å². The highest BCUT2D eigenvalue weighted by Crippen LogP contribution is 2.17. The van der Waals surface area contributed by atoms with E-state index >= 15 is 0 Å². The Morgan fingerprint density at radius 1 is 1.31 bits per heavy atom. The minimum Gasteiger partial charge on any atom is -0.467 e. The van der Waals surface area contributed by atoms with Crippen LogP contribution in [0.15, 0.2) is 60.3 Å².